The lowest BCUT2D eigenvalue weighted by molar-refractivity contribution is -0.384. The van der Waals surface area contributed by atoms with Crippen molar-refractivity contribution >= 4 is 17.3 Å². The summed E-state index contributed by atoms with van der Waals surface area (Å²) in [7, 11) is 3.25. The summed E-state index contributed by atoms with van der Waals surface area (Å²) < 4.78 is 4.25. The van der Waals surface area contributed by atoms with Gasteiger partial charge in [0.2, 0.25) is 0 Å². The van der Waals surface area contributed by atoms with Crippen LogP contribution < -0.4 is 0 Å². The molecule has 0 fully saturated rings. The molecule has 14 heavy (non-hydrogen) atoms. The van der Waals surface area contributed by atoms with Crippen molar-refractivity contribution in [1.29, 1.82) is 0 Å². The average molecular weight is 220 g/mol. The zero-order valence-electron chi connectivity index (χ0n) is 7.73. The van der Waals surface area contributed by atoms with Crippen molar-refractivity contribution < 1.29 is 14.8 Å². The summed E-state index contributed by atoms with van der Waals surface area (Å²) in [5.74, 6) is -0.155. The third-order valence-corrected chi connectivity index (χ3v) is 1.44. The van der Waals surface area contributed by atoms with Crippen LogP contribution >= 0.6 is 11.6 Å². The van der Waals surface area contributed by atoms with Gasteiger partial charge in [-0.05, 0) is 6.07 Å². The molecule has 0 aliphatic heterocycles. The van der Waals surface area contributed by atoms with E-state index in [-0.39, 0.29) is 16.5 Å². The van der Waals surface area contributed by atoms with Crippen LogP contribution in [0.15, 0.2) is 18.2 Å². The molecule has 1 N–H and O–H groups in total. The predicted molar refractivity (Wildman–Crippen MR) is 52.7 cm³/mol. The Hall–Kier alpha value is -1.33. The quantitative estimate of drug-likeness (QED) is 0.581. The van der Waals surface area contributed by atoms with Crippen LogP contribution in [0, 0.1) is 10.1 Å². The summed E-state index contributed by atoms with van der Waals surface area (Å²) in [6.45, 7) is 0. The van der Waals surface area contributed by atoms with Crippen LogP contribution in [0.2, 0.25) is 5.02 Å². The van der Waals surface area contributed by atoms with E-state index in [4.69, 9.17) is 16.7 Å². The van der Waals surface area contributed by atoms with E-state index in [0.29, 0.717) is 0 Å². The predicted octanol–water partition coefficient (Wildman–Crippen LogP) is 2.22. The van der Waals surface area contributed by atoms with E-state index in [2.05, 4.69) is 4.74 Å². The summed E-state index contributed by atoms with van der Waals surface area (Å²) in [6.07, 6.45) is 0. The minimum absolute atomic E-state index is 0.0146. The van der Waals surface area contributed by atoms with Gasteiger partial charge in [0, 0.05) is 26.4 Å². The molecule has 0 amide bonds. The standard InChI is InChI=1S/C6H4ClNO3.C2H6O/c7-5-3-4(8(10)11)1-2-6(5)9;1-3-2/h1-3,9H;1-2H3. The Labute approximate surface area is 86.0 Å². The molecule has 1 aromatic rings. The van der Waals surface area contributed by atoms with Crippen LogP contribution in [-0.4, -0.2) is 24.2 Å². The van der Waals surface area contributed by atoms with Crippen molar-refractivity contribution in [2.24, 2.45) is 0 Å². The number of nitro benzene ring substituents is 1. The molecule has 0 radical (unpaired) electrons. The van der Waals surface area contributed by atoms with Gasteiger partial charge in [-0.3, -0.25) is 10.1 Å². The van der Waals surface area contributed by atoms with E-state index in [0.717, 1.165) is 6.07 Å². The summed E-state index contributed by atoms with van der Waals surface area (Å²) in [6, 6.07) is 3.46. The van der Waals surface area contributed by atoms with Crippen molar-refractivity contribution in [2.75, 3.05) is 14.2 Å². The van der Waals surface area contributed by atoms with Crippen LogP contribution in [0.3, 0.4) is 0 Å². The second-order valence-corrected chi connectivity index (χ2v) is 2.71. The Bertz CT molecular complexity index is 316. The number of hydrogen-bond acceptors (Lipinski definition) is 4. The second-order valence-electron chi connectivity index (χ2n) is 2.30. The molecular weight excluding hydrogens is 210 g/mol. The zero-order chi connectivity index (χ0) is 11.1. The fourth-order valence-corrected chi connectivity index (χ4v) is 0.784. The van der Waals surface area contributed by atoms with Crippen molar-refractivity contribution in [3.8, 4) is 5.75 Å². The van der Waals surface area contributed by atoms with Crippen molar-refractivity contribution in [3.63, 3.8) is 0 Å². The molecule has 6 heteroatoms. The maximum atomic E-state index is 10.1. The van der Waals surface area contributed by atoms with Gasteiger partial charge in [0.25, 0.3) is 5.69 Å². The molecule has 0 saturated heterocycles. The number of methoxy groups -OCH3 is 1. The average Bonchev–Trinajstić information content (AvgIpc) is 2.10. The van der Waals surface area contributed by atoms with E-state index < -0.39 is 4.92 Å². The van der Waals surface area contributed by atoms with Gasteiger partial charge in [0.1, 0.15) is 5.75 Å². The number of hydrogen-bond donors (Lipinski definition) is 1. The molecule has 1 aromatic carbocycles. The van der Waals surface area contributed by atoms with Gasteiger partial charge in [0.15, 0.2) is 0 Å². The Morgan fingerprint density at radius 1 is 1.50 bits per heavy atom. The number of nitrogens with zero attached hydrogens (tertiary/aromatic N) is 1. The van der Waals surface area contributed by atoms with Crippen LogP contribution in [0.5, 0.6) is 5.75 Å². The maximum absolute atomic E-state index is 10.1. The third-order valence-electron chi connectivity index (χ3n) is 1.14. The summed E-state index contributed by atoms with van der Waals surface area (Å²) in [4.78, 5) is 9.55. The monoisotopic (exact) mass is 219 g/mol. The number of benzene rings is 1. The number of rotatable bonds is 1. The molecule has 0 spiro atoms. The normalized spacial score (nSPS) is 8.79. The number of aromatic hydroxyl groups is 1. The molecule has 0 aliphatic carbocycles. The number of halogens is 1. The molecule has 0 unspecified atom stereocenters. The minimum atomic E-state index is -0.578. The first-order chi connectivity index (χ1) is 6.52. The lowest BCUT2D eigenvalue weighted by atomic mass is 10.3. The highest BCUT2D eigenvalue weighted by Gasteiger charge is 2.07. The highest BCUT2D eigenvalue weighted by atomic mass is 35.5. The molecule has 0 saturated carbocycles. The zero-order valence-corrected chi connectivity index (χ0v) is 8.49. The first-order valence-electron chi connectivity index (χ1n) is 3.56. The SMILES string of the molecule is COC.O=[N+]([O-])c1ccc(O)c(Cl)c1. The maximum Gasteiger partial charge on any atom is 0.271 e. The van der Waals surface area contributed by atoms with Gasteiger partial charge in [-0.15, -0.1) is 0 Å². The summed E-state index contributed by atoms with van der Waals surface area (Å²) in [5, 5.41) is 19.0. The Morgan fingerprint density at radius 2 is 2.00 bits per heavy atom. The van der Waals surface area contributed by atoms with Crippen LogP contribution in [0.1, 0.15) is 0 Å². The number of ether oxygens (including phenoxy) is 1. The number of phenols is 1. The van der Waals surface area contributed by atoms with Crippen LogP contribution in [0.4, 0.5) is 5.69 Å². The van der Waals surface area contributed by atoms with E-state index in [9.17, 15) is 10.1 Å². The molecule has 0 heterocycles. The number of nitro groups is 1. The van der Waals surface area contributed by atoms with Crippen LogP contribution in [0.25, 0.3) is 0 Å². The minimum Gasteiger partial charge on any atom is -0.506 e. The first kappa shape index (κ1) is 12.7. The Kier molecular flexibility index (Phi) is 5.59. The molecule has 0 aliphatic rings. The molecule has 0 aromatic heterocycles. The largest absolute Gasteiger partial charge is 0.506 e. The van der Waals surface area contributed by atoms with E-state index in [1.54, 1.807) is 14.2 Å². The lowest BCUT2D eigenvalue weighted by Crippen LogP contribution is -1.86. The fourth-order valence-electron chi connectivity index (χ4n) is 0.609. The lowest BCUT2D eigenvalue weighted by Gasteiger charge is -1.94. The number of non-ortho nitro benzene ring substituents is 1. The van der Waals surface area contributed by atoms with Crippen molar-refractivity contribution in [3.05, 3.63) is 33.3 Å². The first-order valence-corrected chi connectivity index (χ1v) is 3.93. The fraction of sp³-hybridized carbons (Fsp3) is 0.250. The van der Waals surface area contributed by atoms with Crippen molar-refractivity contribution in [2.45, 2.75) is 0 Å². The summed E-state index contributed by atoms with van der Waals surface area (Å²) in [5.41, 5.74) is -0.132. The number of phenolic OH excluding ortho intramolecular Hbond substituents is 1. The van der Waals surface area contributed by atoms with Gasteiger partial charge in [-0.1, -0.05) is 11.6 Å². The molecule has 78 valence electrons. The highest BCUT2D eigenvalue weighted by Crippen LogP contribution is 2.26. The van der Waals surface area contributed by atoms with Gasteiger partial charge in [-0.2, -0.15) is 0 Å². The van der Waals surface area contributed by atoms with E-state index in [1.165, 1.54) is 12.1 Å². The molecule has 0 atom stereocenters. The molecule has 5 nitrogen and oxygen atoms in total. The Balaban J connectivity index is 0.000000500. The van der Waals surface area contributed by atoms with Crippen molar-refractivity contribution in [1.82, 2.24) is 0 Å². The summed E-state index contributed by atoms with van der Waals surface area (Å²) >= 11 is 5.40. The topological polar surface area (TPSA) is 72.6 Å². The Morgan fingerprint density at radius 3 is 2.36 bits per heavy atom. The molecule has 0 bridgehead atoms. The van der Waals surface area contributed by atoms with Gasteiger partial charge < -0.3 is 9.84 Å². The third kappa shape index (κ3) is 4.06. The van der Waals surface area contributed by atoms with Gasteiger partial charge in [-0.25, -0.2) is 0 Å². The van der Waals surface area contributed by atoms with E-state index in [1.807, 2.05) is 0 Å². The van der Waals surface area contributed by atoms with Gasteiger partial charge in [0.05, 0.1) is 9.95 Å². The van der Waals surface area contributed by atoms with Gasteiger partial charge >= 0.3 is 0 Å². The second kappa shape index (κ2) is 6.17. The van der Waals surface area contributed by atoms with Crippen LogP contribution in [-0.2, 0) is 4.74 Å². The molecular formula is C8H10ClNO4. The molecule has 1 rings (SSSR count). The van der Waals surface area contributed by atoms with E-state index >= 15 is 0 Å². The smallest absolute Gasteiger partial charge is 0.271 e. The highest BCUT2D eigenvalue weighted by molar-refractivity contribution is 6.32.